The van der Waals surface area contributed by atoms with E-state index in [1.165, 1.54) is 11.8 Å². The highest BCUT2D eigenvalue weighted by Crippen LogP contribution is 2.16. The van der Waals surface area contributed by atoms with Crippen molar-refractivity contribution < 1.29 is 0 Å². The van der Waals surface area contributed by atoms with Crippen LogP contribution in [0.4, 0.5) is 0 Å². The first kappa shape index (κ1) is 12.7. The van der Waals surface area contributed by atoms with Gasteiger partial charge in [0.25, 0.3) is 5.56 Å². The van der Waals surface area contributed by atoms with E-state index in [0.29, 0.717) is 17.7 Å². The molecular formula is C14H14N2OS. The van der Waals surface area contributed by atoms with Crippen molar-refractivity contribution in [2.24, 2.45) is 0 Å². The molecule has 0 saturated carbocycles. The zero-order valence-electron chi connectivity index (χ0n) is 10.4. The molecule has 0 radical (unpaired) electrons. The van der Waals surface area contributed by atoms with Gasteiger partial charge in [-0.15, -0.1) is 5.92 Å². The Balaban J connectivity index is 2.56. The Morgan fingerprint density at radius 3 is 2.89 bits per heavy atom. The number of nitrogens with zero attached hydrogens (tertiary/aromatic N) is 2. The van der Waals surface area contributed by atoms with Crippen LogP contribution >= 0.6 is 11.8 Å². The maximum Gasteiger partial charge on any atom is 0.262 e. The molecule has 1 heterocycles. The molecular weight excluding hydrogens is 244 g/mol. The minimum atomic E-state index is 0.0232. The van der Waals surface area contributed by atoms with Crippen LogP contribution in [-0.2, 0) is 6.54 Å². The summed E-state index contributed by atoms with van der Waals surface area (Å²) in [7, 11) is 0. The summed E-state index contributed by atoms with van der Waals surface area (Å²) in [5.74, 6) is 6.47. The Labute approximate surface area is 110 Å². The Kier molecular flexibility index (Phi) is 4.06. The first-order valence-electron chi connectivity index (χ1n) is 5.80. The van der Waals surface area contributed by atoms with Crippen LogP contribution in [0, 0.1) is 11.8 Å². The molecule has 92 valence electrons. The average Bonchev–Trinajstić information content (AvgIpc) is 2.39. The van der Waals surface area contributed by atoms with E-state index in [2.05, 4.69) is 16.8 Å². The van der Waals surface area contributed by atoms with E-state index >= 15 is 0 Å². The van der Waals surface area contributed by atoms with Gasteiger partial charge >= 0.3 is 0 Å². The number of benzene rings is 1. The Morgan fingerprint density at radius 2 is 2.17 bits per heavy atom. The zero-order valence-corrected chi connectivity index (χ0v) is 11.3. The van der Waals surface area contributed by atoms with Crippen molar-refractivity contribution in [3.8, 4) is 11.8 Å². The second-order valence-electron chi connectivity index (χ2n) is 3.68. The van der Waals surface area contributed by atoms with Crippen LogP contribution in [0.5, 0.6) is 0 Å². The fraction of sp³-hybridized carbons (Fsp3) is 0.286. The molecule has 0 aliphatic heterocycles. The second-order valence-corrected chi connectivity index (χ2v) is 4.62. The normalized spacial score (nSPS) is 10.1. The van der Waals surface area contributed by atoms with Gasteiger partial charge in [-0.3, -0.25) is 9.36 Å². The Bertz CT molecular complexity index is 679. The van der Waals surface area contributed by atoms with Crippen molar-refractivity contribution in [1.82, 2.24) is 9.55 Å². The molecule has 18 heavy (non-hydrogen) atoms. The van der Waals surface area contributed by atoms with Crippen LogP contribution in [0.1, 0.15) is 13.8 Å². The van der Waals surface area contributed by atoms with Crippen molar-refractivity contribution in [2.75, 3.05) is 5.75 Å². The maximum atomic E-state index is 12.3. The van der Waals surface area contributed by atoms with Gasteiger partial charge in [0, 0.05) is 6.54 Å². The SMILES string of the molecule is CC#CCSc1nc2ccccc2c(=O)n1CC. The first-order chi connectivity index (χ1) is 8.77. The summed E-state index contributed by atoms with van der Waals surface area (Å²) in [6, 6.07) is 7.44. The van der Waals surface area contributed by atoms with Crippen molar-refractivity contribution in [3.05, 3.63) is 34.6 Å². The Morgan fingerprint density at radius 1 is 1.39 bits per heavy atom. The minimum absolute atomic E-state index is 0.0232. The zero-order chi connectivity index (χ0) is 13.0. The molecule has 0 saturated heterocycles. The lowest BCUT2D eigenvalue weighted by Crippen LogP contribution is -2.22. The molecule has 4 heteroatoms. The third-order valence-corrected chi connectivity index (χ3v) is 3.45. The molecule has 0 fully saturated rings. The first-order valence-corrected chi connectivity index (χ1v) is 6.78. The predicted octanol–water partition coefficient (Wildman–Crippen LogP) is 2.53. The highest BCUT2D eigenvalue weighted by Gasteiger charge is 2.09. The van der Waals surface area contributed by atoms with Crippen LogP contribution < -0.4 is 5.56 Å². The van der Waals surface area contributed by atoms with Gasteiger partial charge in [-0.2, -0.15) is 0 Å². The largest absolute Gasteiger partial charge is 0.287 e. The van der Waals surface area contributed by atoms with Crippen molar-refractivity contribution in [1.29, 1.82) is 0 Å². The summed E-state index contributed by atoms with van der Waals surface area (Å²) in [5.41, 5.74) is 0.772. The summed E-state index contributed by atoms with van der Waals surface area (Å²) in [6.45, 7) is 4.38. The van der Waals surface area contributed by atoms with Gasteiger partial charge in [0.2, 0.25) is 0 Å². The minimum Gasteiger partial charge on any atom is -0.287 e. The summed E-state index contributed by atoms with van der Waals surface area (Å²) >= 11 is 1.50. The number of hydrogen-bond acceptors (Lipinski definition) is 3. The molecule has 2 aromatic rings. The number of para-hydroxylation sites is 1. The van der Waals surface area contributed by atoms with Gasteiger partial charge in [0.15, 0.2) is 5.16 Å². The van der Waals surface area contributed by atoms with Crippen molar-refractivity contribution in [2.45, 2.75) is 25.5 Å². The third-order valence-electron chi connectivity index (χ3n) is 2.59. The van der Waals surface area contributed by atoms with Crippen molar-refractivity contribution >= 4 is 22.7 Å². The number of aromatic nitrogens is 2. The summed E-state index contributed by atoms with van der Waals surface area (Å²) in [5, 5.41) is 1.41. The molecule has 0 spiro atoms. The lowest BCUT2D eigenvalue weighted by molar-refractivity contribution is 0.635. The van der Waals surface area contributed by atoms with Crippen LogP contribution in [-0.4, -0.2) is 15.3 Å². The van der Waals surface area contributed by atoms with E-state index in [9.17, 15) is 4.79 Å². The van der Waals surface area contributed by atoms with Crippen LogP contribution in [0.3, 0.4) is 0 Å². The quantitative estimate of drug-likeness (QED) is 0.482. The topological polar surface area (TPSA) is 34.9 Å². The number of fused-ring (bicyclic) bond motifs is 1. The molecule has 0 unspecified atom stereocenters. The van der Waals surface area contributed by atoms with Gasteiger partial charge in [0.05, 0.1) is 16.7 Å². The van der Waals surface area contributed by atoms with Crippen LogP contribution in [0.25, 0.3) is 10.9 Å². The monoisotopic (exact) mass is 258 g/mol. The molecule has 0 aliphatic rings. The van der Waals surface area contributed by atoms with E-state index in [1.807, 2.05) is 31.2 Å². The molecule has 0 amide bonds. The molecule has 0 aliphatic carbocycles. The van der Waals surface area contributed by atoms with Gasteiger partial charge < -0.3 is 0 Å². The third kappa shape index (κ3) is 2.41. The highest BCUT2D eigenvalue weighted by molar-refractivity contribution is 7.99. The summed E-state index contributed by atoms with van der Waals surface area (Å²) in [6.07, 6.45) is 0. The smallest absolute Gasteiger partial charge is 0.262 e. The fourth-order valence-corrected chi connectivity index (χ4v) is 2.59. The molecule has 0 bridgehead atoms. The molecule has 0 N–H and O–H groups in total. The van der Waals surface area contributed by atoms with Crippen LogP contribution in [0.15, 0.2) is 34.2 Å². The Hall–Kier alpha value is -1.73. The number of thioether (sulfide) groups is 1. The molecule has 3 nitrogen and oxygen atoms in total. The van der Waals surface area contributed by atoms with Gasteiger partial charge in [-0.25, -0.2) is 4.98 Å². The van der Waals surface area contributed by atoms with Gasteiger partial charge in [-0.05, 0) is 26.0 Å². The predicted molar refractivity (Wildman–Crippen MR) is 75.9 cm³/mol. The van der Waals surface area contributed by atoms with E-state index in [-0.39, 0.29) is 5.56 Å². The van der Waals surface area contributed by atoms with Gasteiger partial charge in [0.1, 0.15) is 0 Å². The number of hydrogen-bond donors (Lipinski definition) is 0. The lowest BCUT2D eigenvalue weighted by Gasteiger charge is -2.09. The van der Waals surface area contributed by atoms with E-state index in [0.717, 1.165) is 10.7 Å². The molecule has 2 rings (SSSR count). The van der Waals surface area contributed by atoms with Crippen molar-refractivity contribution in [3.63, 3.8) is 0 Å². The van der Waals surface area contributed by atoms with Gasteiger partial charge in [-0.1, -0.05) is 29.8 Å². The van der Waals surface area contributed by atoms with Crippen LogP contribution in [0.2, 0.25) is 0 Å². The molecule has 1 aromatic carbocycles. The van der Waals surface area contributed by atoms with E-state index in [1.54, 1.807) is 11.5 Å². The molecule has 1 aromatic heterocycles. The standard InChI is InChI=1S/C14H14N2OS/c1-3-5-10-18-14-15-12-9-7-6-8-11(12)13(17)16(14)4-2/h6-9H,4,10H2,1-2H3. The lowest BCUT2D eigenvalue weighted by atomic mass is 10.2. The summed E-state index contributed by atoms with van der Waals surface area (Å²) in [4.78, 5) is 16.8. The second kappa shape index (κ2) is 5.74. The van der Waals surface area contributed by atoms with E-state index in [4.69, 9.17) is 0 Å². The maximum absolute atomic E-state index is 12.3. The highest BCUT2D eigenvalue weighted by atomic mass is 32.2. The fourth-order valence-electron chi connectivity index (χ4n) is 1.71. The van der Waals surface area contributed by atoms with E-state index < -0.39 is 0 Å². The number of rotatable bonds is 3. The summed E-state index contributed by atoms with van der Waals surface area (Å²) < 4.78 is 1.70. The molecule has 0 atom stereocenters. The average molecular weight is 258 g/mol.